The second-order valence-electron chi connectivity index (χ2n) is 5.76. The molecule has 1 heterocycles. The van der Waals surface area contributed by atoms with Gasteiger partial charge in [0, 0.05) is 19.5 Å². The summed E-state index contributed by atoms with van der Waals surface area (Å²) in [4.78, 5) is 23.5. The summed E-state index contributed by atoms with van der Waals surface area (Å²) in [6.45, 7) is 3.19. The molecule has 5 nitrogen and oxygen atoms in total. The van der Waals surface area contributed by atoms with E-state index >= 15 is 0 Å². The van der Waals surface area contributed by atoms with Gasteiger partial charge in [-0.25, -0.2) is 0 Å². The Morgan fingerprint density at radius 3 is 2.45 bits per heavy atom. The molecule has 1 saturated heterocycles. The summed E-state index contributed by atoms with van der Waals surface area (Å²) >= 11 is 0. The van der Waals surface area contributed by atoms with E-state index in [0.717, 1.165) is 38.6 Å². The molecule has 20 heavy (non-hydrogen) atoms. The highest BCUT2D eigenvalue weighted by Crippen LogP contribution is 2.27. The molecular weight excluding hydrogens is 278 g/mol. The van der Waals surface area contributed by atoms with Crippen LogP contribution in [-0.4, -0.2) is 37.0 Å². The van der Waals surface area contributed by atoms with Gasteiger partial charge in [0.15, 0.2) is 0 Å². The minimum atomic E-state index is -0.346. The van der Waals surface area contributed by atoms with Crippen LogP contribution in [0.1, 0.15) is 45.4 Å². The normalized spacial score (nSPS) is 23.9. The fourth-order valence-corrected chi connectivity index (χ4v) is 3.17. The van der Waals surface area contributed by atoms with Crippen LogP contribution < -0.4 is 16.0 Å². The Bertz CT molecular complexity index is 326. The van der Waals surface area contributed by atoms with Gasteiger partial charge >= 0.3 is 0 Å². The van der Waals surface area contributed by atoms with Gasteiger partial charge in [-0.3, -0.25) is 9.59 Å². The minimum Gasteiger partial charge on any atom is -0.353 e. The van der Waals surface area contributed by atoms with Crippen LogP contribution in [-0.2, 0) is 9.59 Å². The highest BCUT2D eigenvalue weighted by Gasteiger charge is 2.31. The summed E-state index contributed by atoms with van der Waals surface area (Å²) in [5.74, 6) is 0.169. The first-order chi connectivity index (χ1) is 9.16. The highest BCUT2D eigenvalue weighted by molar-refractivity contribution is 5.87. The number of amides is 2. The van der Waals surface area contributed by atoms with Crippen molar-refractivity contribution >= 4 is 24.2 Å². The van der Waals surface area contributed by atoms with Crippen molar-refractivity contribution in [2.75, 3.05) is 13.1 Å². The van der Waals surface area contributed by atoms with E-state index in [9.17, 15) is 9.59 Å². The first-order valence-electron chi connectivity index (χ1n) is 7.45. The first-order valence-corrected chi connectivity index (χ1v) is 7.45. The van der Waals surface area contributed by atoms with E-state index in [1.54, 1.807) is 0 Å². The molecule has 1 aliphatic carbocycles. The molecule has 2 unspecified atom stereocenters. The number of carbonyl (C=O) groups excluding carboxylic acids is 2. The molecule has 0 aromatic rings. The van der Waals surface area contributed by atoms with Gasteiger partial charge in [-0.2, -0.15) is 0 Å². The predicted molar refractivity (Wildman–Crippen MR) is 80.8 cm³/mol. The molecule has 116 valence electrons. The number of hydrogen-bond donors (Lipinski definition) is 3. The van der Waals surface area contributed by atoms with Crippen LogP contribution in [0.4, 0.5) is 0 Å². The van der Waals surface area contributed by atoms with E-state index in [0.29, 0.717) is 18.5 Å². The average Bonchev–Trinajstić information content (AvgIpc) is 3.05. The van der Waals surface area contributed by atoms with Crippen molar-refractivity contribution in [2.24, 2.45) is 5.92 Å². The lowest BCUT2D eigenvalue weighted by Gasteiger charge is -2.24. The Hall–Kier alpha value is -0.810. The number of carbonyl (C=O) groups is 2. The van der Waals surface area contributed by atoms with Crippen LogP contribution in [0, 0.1) is 5.92 Å². The third kappa shape index (κ3) is 4.94. The zero-order chi connectivity index (χ0) is 13.7. The average molecular weight is 304 g/mol. The van der Waals surface area contributed by atoms with Crippen molar-refractivity contribution < 1.29 is 9.59 Å². The summed E-state index contributed by atoms with van der Waals surface area (Å²) in [5.41, 5.74) is 0. The molecule has 6 heteroatoms. The molecule has 2 atom stereocenters. The molecule has 0 radical (unpaired) electrons. The highest BCUT2D eigenvalue weighted by atomic mass is 35.5. The quantitative estimate of drug-likeness (QED) is 0.709. The molecule has 3 N–H and O–H groups in total. The van der Waals surface area contributed by atoms with Gasteiger partial charge in [-0.05, 0) is 38.1 Å². The third-order valence-corrected chi connectivity index (χ3v) is 4.20. The molecule has 2 amide bonds. The molecular formula is C14H26ClN3O2. The molecule has 1 aliphatic heterocycles. The van der Waals surface area contributed by atoms with Crippen molar-refractivity contribution in [3.8, 4) is 0 Å². The Morgan fingerprint density at radius 2 is 1.90 bits per heavy atom. The second kappa shape index (κ2) is 8.47. The maximum Gasteiger partial charge on any atom is 0.242 e. The van der Waals surface area contributed by atoms with E-state index in [4.69, 9.17) is 0 Å². The standard InChI is InChI=1S/C14H25N3O2.ClH/c1-10(18)17-13(11-5-2-3-6-11)14(19)16-9-12-7-4-8-15-12;/h11-13,15H,2-9H2,1H3,(H,16,19)(H,17,18);1H. The monoisotopic (exact) mass is 303 g/mol. The van der Waals surface area contributed by atoms with Gasteiger partial charge in [0.2, 0.25) is 11.8 Å². The van der Waals surface area contributed by atoms with Crippen molar-refractivity contribution in [3.05, 3.63) is 0 Å². The molecule has 0 aromatic heterocycles. The molecule has 0 bridgehead atoms. The Balaban J connectivity index is 0.00000200. The van der Waals surface area contributed by atoms with Crippen molar-refractivity contribution in [1.29, 1.82) is 0 Å². The van der Waals surface area contributed by atoms with Gasteiger partial charge in [-0.15, -0.1) is 12.4 Å². The molecule has 1 saturated carbocycles. The topological polar surface area (TPSA) is 70.2 Å². The molecule has 0 aromatic carbocycles. The van der Waals surface area contributed by atoms with Gasteiger partial charge in [-0.1, -0.05) is 12.8 Å². The fraction of sp³-hybridized carbons (Fsp3) is 0.857. The summed E-state index contributed by atoms with van der Waals surface area (Å²) in [6.07, 6.45) is 6.71. The first kappa shape index (κ1) is 17.2. The van der Waals surface area contributed by atoms with Gasteiger partial charge < -0.3 is 16.0 Å². The van der Waals surface area contributed by atoms with Crippen LogP contribution >= 0.6 is 12.4 Å². The summed E-state index contributed by atoms with van der Waals surface area (Å²) in [5, 5.41) is 9.18. The maximum absolute atomic E-state index is 12.3. The lowest BCUT2D eigenvalue weighted by atomic mass is 9.97. The number of hydrogen-bond acceptors (Lipinski definition) is 3. The maximum atomic E-state index is 12.3. The number of nitrogens with one attached hydrogen (secondary N) is 3. The summed E-state index contributed by atoms with van der Waals surface area (Å²) in [6, 6.07) is 0.0481. The van der Waals surface area contributed by atoms with Crippen LogP contribution in [0.15, 0.2) is 0 Å². The fourth-order valence-electron chi connectivity index (χ4n) is 3.17. The van der Waals surface area contributed by atoms with Crippen LogP contribution in [0.2, 0.25) is 0 Å². The predicted octanol–water partition coefficient (Wildman–Crippen LogP) is 0.971. The van der Waals surface area contributed by atoms with E-state index in [1.807, 2.05) is 0 Å². The molecule has 2 aliphatic rings. The summed E-state index contributed by atoms with van der Waals surface area (Å²) in [7, 11) is 0. The molecule has 0 spiro atoms. The van der Waals surface area contributed by atoms with Crippen LogP contribution in [0.3, 0.4) is 0 Å². The minimum absolute atomic E-state index is 0. The Morgan fingerprint density at radius 1 is 1.20 bits per heavy atom. The van der Waals surface area contributed by atoms with E-state index in [2.05, 4.69) is 16.0 Å². The van der Waals surface area contributed by atoms with E-state index in [-0.39, 0.29) is 30.3 Å². The lowest BCUT2D eigenvalue weighted by Crippen LogP contribution is -2.51. The smallest absolute Gasteiger partial charge is 0.242 e. The SMILES string of the molecule is CC(=O)NC(C(=O)NCC1CCCN1)C1CCCC1.Cl. The van der Waals surface area contributed by atoms with Crippen molar-refractivity contribution in [1.82, 2.24) is 16.0 Å². The van der Waals surface area contributed by atoms with Crippen molar-refractivity contribution in [2.45, 2.75) is 57.5 Å². The second-order valence-corrected chi connectivity index (χ2v) is 5.76. The van der Waals surface area contributed by atoms with Gasteiger partial charge in [0.25, 0.3) is 0 Å². The zero-order valence-corrected chi connectivity index (χ0v) is 12.9. The lowest BCUT2D eigenvalue weighted by molar-refractivity contribution is -0.129. The Kier molecular flexibility index (Phi) is 7.30. The number of rotatable bonds is 5. The van der Waals surface area contributed by atoms with E-state index in [1.165, 1.54) is 13.3 Å². The number of halogens is 1. The van der Waals surface area contributed by atoms with Crippen LogP contribution in [0.25, 0.3) is 0 Å². The molecule has 2 fully saturated rings. The summed E-state index contributed by atoms with van der Waals surface area (Å²) < 4.78 is 0. The van der Waals surface area contributed by atoms with Gasteiger partial charge in [0.1, 0.15) is 6.04 Å². The Labute approximate surface area is 127 Å². The van der Waals surface area contributed by atoms with Crippen LogP contribution in [0.5, 0.6) is 0 Å². The third-order valence-electron chi connectivity index (χ3n) is 4.20. The van der Waals surface area contributed by atoms with Crippen molar-refractivity contribution in [3.63, 3.8) is 0 Å². The largest absolute Gasteiger partial charge is 0.353 e. The van der Waals surface area contributed by atoms with E-state index < -0.39 is 0 Å². The molecule has 2 rings (SSSR count). The zero-order valence-electron chi connectivity index (χ0n) is 12.1. The van der Waals surface area contributed by atoms with Gasteiger partial charge in [0.05, 0.1) is 0 Å².